The first-order valence-corrected chi connectivity index (χ1v) is 8.35. The lowest BCUT2D eigenvalue weighted by Gasteiger charge is -2.24. The SMILES string of the molecule is CC1CN=C(NC(c2ccccc2)c2ccccc2)SC1. The fourth-order valence-electron chi connectivity index (χ4n) is 2.42. The highest BCUT2D eigenvalue weighted by atomic mass is 32.2. The van der Waals surface area contributed by atoms with Gasteiger partial charge in [0.25, 0.3) is 0 Å². The zero-order valence-corrected chi connectivity index (χ0v) is 13.0. The van der Waals surface area contributed by atoms with E-state index in [0.29, 0.717) is 5.92 Å². The van der Waals surface area contributed by atoms with Crippen LogP contribution in [-0.2, 0) is 0 Å². The topological polar surface area (TPSA) is 24.4 Å². The molecule has 2 aromatic rings. The van der Waals surface area contributed by atoms with Gasteiger partial charge in [-0.15, -0.1) is 0 Å². The monoisotopic (exact) mass is 296 g/mol. The van der Waals surface area contributed by atoms with E-state index in [0.717, 1.165) is 17.5 Å². The molecule has 0 spiro atoms. The molecule has 0 bridgehead atoms. The molecule has 3 heteroatoms. The van der Waals surface area contributed by atoms with Gasteiger partial charge in [0.05, 0.1) is 6.04 Å². The Morgan fingerprint density at radius 1 is 1.00 bits per heavy atom. The van der Waals surface area contributed by atoms with E-state index in [4.69, 9.17) is 0 Å². The fourth-order valence-corrected chi connectivity index (χ4v) is 3.33. The van der Waals surface area contributed by atoms with E-state index in [2.05, 4.69) is 77.9 Å². The van der Waals surface area contributed by atoms with E-state index in [1.165, 1.54) is 11.1 Å². The summed E-state index contributed by atoms with van der Waals surface area (Å²) in [5.41, 5.74) is 2.54. The summed E-state index contributed by atoms with van der Waals surface area (Å²) in [6, 6.07) is 21.3. The predicted octanol–water partition coefficient (Wildman–Crippen LogP) is 4.10. The van der Waals surface area contributed by atoms with Gasteiger partial charge >= 0.3 is 0 Å². The van der Waals surface area contributed by atoms with E-state index in [1.54, 1.807) is 0 Å². The molecule has 0 fully saturated rings. The number of aliphatic imine (C=N–C) groups is 1. The molecule has 0 aromatic heterocycles. The summed E-state index contributed by atoms with van der Waals surface area (Å²) in [7, 11) is 0. The van der Waals surface area contributed by atoms with Gasteiger partial charge in [-0.25, -0.2) is 0 Å². The Bertz CT molecular complexity index is 556. The average Bonchev–Trinajstić information content (AvgIpc) is 2.56. The second kappa shape index (κ2) is 6.81. The molecule has 0 saturated carbocycles. The molecular weight excluding hydrogens is 276 g/mol. The predicted molar refractivity (Wildman–Crippen MR) is 91.8 cm³/mol. The van der Waals surface area contributed by atoms with Crippen molar-refractivity contribution in [1.82, 2.24) is 5.32 Å². The van der Waals surface area contributed by atoms with Crippen molar-refractivity contribution >= 4 is 16.9 Å². The standard InChI is InChI=1S/C18H20N2S/c1-14-12-19-18(21-13-14)20-17(15-8-4-2-5-9-15)16-10-6-3-7-11-16/h2-11,14,17H,12-13H2,1H3,(H,19,20). The van der Waals surface area contributed by atoms with Crippen LogP contribution in [-0.4, -0.2) is 17.5 Å². The maximum absolute atomic E-state index is 4.67. The van der Waals surface area contributed by atoms with Crippen molar-refractivity contribution in [1.29, 1.82) is 0 Å². The van der Waals surface area contributed by atoms with Gasteiger partial charge in [0.1, 0.15) is 0 Å². The molecule has 1 unspecified atom stereocenters. The van der Waals surface area contributed by atoms with Crippen LogP contribution in [0.25, 0.3) is 0 Å². The molecule has 1 heterocycles. The third kappa shape index (κ3) is 3.67. The minimum atomic E-state index is 0.159. The molecule has 3 rings (SSSR count). The van der Waals surface area contributed by atoms with E-state index in [9.17, 15) is 0 Å². The van der Waals surface area contributed by atoms with Crippen molar-refractivity contribution in [3.63, 3.8) is 0 Å². The molecule has 108 valence electrons. The van der Waals surface area contributed by atoms with Crippen LogP contribution in [0.2, 0.25) is 0 Å². The normalized spacial score (nSPS) is 18.4. The molecule has 1 N–H and O–H groups in total. The third-order valence-electron chi connectivity index (χ3n) is 3.58. The summed E-state index contributed by atoms with van der Waals surface area (Å²) in [6.45, 7) is 3.17. The van der Waals surface area contributed by atoms with Crippen molar-refractivity contribution < 1.29 is 0 Å². The number of hydrogen-bond acceptors (Lipinski definition) is 3. The summed E-state index contributed by atoms with van der Waals surface area (Å²) < 4.78 is 0. The zero-order valence-electron chi connectivity index (χ0n) is 12.2. The second-order valence-electron chi connectivity index (χ2n) is 5.46. The number of thioether (sulfide) groups is 1. The number of nitrogens with one attached hydrogen (secondary N) is 1. The summed E-state index contributed by atoms with van der Waals surface area (Å²) in [5.74, 6) is 1.81. The van der Waals surface area contributed by atoms with Crippen LogP contribution in [0, 0.1) is 5.92 Å². The number of nitrogens with zero attached hydrogens (tertiary/aromatic N) is 1. The van der Waals surface area contributed by atoms with Gasteiger partial charge in [-0.05, 0) is 17.0 Å². The van der Waals surface area contributed by atoms with Crippen molar-refractivity contribution in [2.75, 3.05) is 12.3 Å². The van der Waals surface area contributed by atoms with Gasteiger partial charge in [0.2, 0.25) is 0 Å². The quantitative estimate of drug-likeness (QED) is 0.922. The molecule has 2 nitrogen and oxygen atoms in total. The molecular formula is C18H20N2S. The fraction of sp³-hybridized carbons (Fsp3) is 0.278. The first kappa shape index (κ1) is 14.2. The summed E-state index contributed by atoms with van der Waals surface area (Å²) in [4.78, 5) is 4.67. The first-order valence-electron chi connectivity index (χ1n) is 7.36. The smallest absolute Gasteiger partial charge is 0.157 e. The van der Waals surface area contributed by atoms with Crippen LogP contribution in [0.3, 0.4) is 0 Å². The second-order valence-corrected chi connectivity index (χ2v) is 6.47. The van der Waals surface area contributed by atoms with Gasteiger partial charge in [-0.2, -0.15) is 0 Å². The Morgan fingerprint density at radius 3 is 2.05 bits per heavy atom. The number of benzene rings is 2. The van der Waals surface area contributed by atoms with Crippen LogP contribution in [0.4, 0.5) is 0 Å². The minimum Gasteiger partial charge on any atom is -0.354 e. The number of amidine groups is 1. The molecule has 0 radical (unpaired) electrons. The zero-order chi connectivity index (χ0) is 14.5. The summed E-state index contributed by atoms with van der Waals surface area (Å²) in [5, 5.41) is 4.68. The largest absolute Gasteiger partial charge is 0.354 e. The van der Waals surface area contributed by atoms with Crippen LogP contribution in [0.5, 0.6) is 0 Å². The molecule has 0 amide bonds. The van der Waals surface area contributed by atoms with Crippen molar-refractivity contribution in [3.8, 4) is 0 Å². The molecule has 1 atom stereocenters. The highest BCUT2D eigenvalue weighted by molar-refractivity contribution is 8.13. The minimum absolute atomic E-state index is 0.159. The molecule has 0 aliphatic carbocycles. The molecule has 1 aliphatic heterocycles. The van der Waals surface area contributed by atoms with E-state index in [-0.39, 0.29) is 6.04 Å². The van der Waals surface area contributed by atoms with Gasteiger partial charge in [0, 0.05) is 12.3 Å². The van der Waals surface area contributed by atoms with Crippen LogP contribution in [0.15, 0.2) is 65.7 Å². The molecule has 1 aliphatic rings. The molecule has 2 aromatic carbocycles. The average molecular weight is 296 g/mol. The Labute approximate surface area is 130 Å². The Balaban J connectivity index is 1.87. The highest BCUT2D eigenvalue weighted by Crippen LogP contribution is 2.24. The summed E-state index contributed by atoms with van der Waals surface area (Å²) in [6.07, 6.45) is 0. The van der Waals surface area contributed by atoms with Gasteiger partial charge in [-0.1, -0.05) is 79.3 Å². The van der Waals surface area contributed by atoms with Gasteiger partial charge < -0.3 is 5.32 Å². The van der Waals surface area contributed by atoms with Crippen molar-refractivity contribution in [3.05, 3.63) is 71.8 Å². The van der Waals surface area contributed by atoms with Crippen LogP contribution in [0.1, 0.15) is 24.1 Å². The maximum atomic E-state index is 4.67. The van der Waals surface area contributed by atoms with E-state index in [1.807, 2.05) is 11.8 Å². The van der Waals surface area contributed by atoms with E-state index >= 15 is 0 Å². The van der Waals surface area contributed by atoms with Crippen molar-refractivity contribution in [2.45, 2.75) is 13.0 Å². The van der Waals surface area contributed by atoms with Gasteiger partial charge in [-0.3, -0.25) is 4.99 Å². The van der Waals surface area contributed by atoms with Gasteiger partial charge in [0.15, 0.2) is 5.17 Å². The lowest BCUT2D eigenvalue weighted by atomic mass is 9.99. The molecule has 21 heavy (non-hydrogen) atoms. The van der Waals surface area contributed by atoms with Crippen molar-refractivity contribution in [2.24, 2.45) is 10.9 Å². The molecule has 0 saturated heterocycles. The third-order valence-corrected chi connectivity index (χ3v) is 4.84. The van der Waals surface area contributed by atoms with Crippen LogP contribution < -0.4 is 5.32 Å². The first-order chi connectivity index (χ1) is 10.3. The lowest BCUT2D eigenvalue weighted by Crippen LogP contribution is -2.30. The lowest BCUT2D eigenvalue weighted by molar-refractivity contribution is 0.664. The van der Waals surface area contributed by atoms with E-state index < -0.39 is 0 Å². The Kier molecular flexibility index (Phi) is 4.61. The number of rotatable bonds is 3. The number of hydrogen-bond donors (Lipinski definition) is 1. The van der Waals surface area contributed by atoms with Crippen LogP contribution >= 0.6 is 11.8 Å². The Morgan fingerprint density at radius 2 is 1.57 bits per heavy atom. The Hall–Kier alpha value is -1.74. The maximum Gasteiger partial charge on any atom is 0.157 e. The highest BCUT2D eigenvalue weighted by Gasteiger charge is 2.18. The summed E-state index contributed by atoms with van der Waals surface area (Å²) >= 11 is 1.83.